The van der Waals surface area contributed by atoms with Crippen LogP contribution in [-0.2, 0) is 16.1 Å². The molecule has 1 amide bonds. The lowest BCUT2D eigenvalue weighted by Crippen LogP contribution is -2.21. The topological polar surface area (TPSA) is 141 Å². The molecule has 11 nitrogen and oxygen atoms in total. The van der Waals surface area contributed by atoms with Crippen LogP contribution in [0.5, 0.6) is 5.75 Å². The highest BCUT2D eigenvalue weighted by molar-refractivity contribution is 5.90. The predicted molar refractivity (Wildman–Crippen MR) is 160 cm³/mol. The number of hydrogen-bond donors (Lipinski definition) is 1. The van der Waals surface area contributed by atoms with Crippen molar-refractivity contribution < 1.29 is 14.3 Å². The van der Waals surface area contributed by atoms with Crippen molar-refractivity contribution >= 4 is 11.9 Å². The zero-order valence-electron chi connectivity index (χ0n) is 24.0. The highest BCUT2D eigenvalue weighted by Gasteiger charge is 2.18. The highest BCUT2D eigenvalue weighted by Crippen LogP contribution is 2.26. The molecule has 1 unspecified atom stereocenters. The Morgan fingerprint density at radius 3 is 2.51 bits per heavy atom. The van der Waals surface area contributed by atoms with Crippen LogP contribution >= 0.6 is 0 Å². The highest BCUT2D eigenvalue weighted by atomic mass is 16.5. The van der Waals surface area contributed by atoms with E-state index in [1.165, 1.54) is 0 Å². The number of methoxy groups -OCH3 is 1. The van der Waals surface area contributed by atoms with Crippen LogP contribution in [-0.4, -0.2) is 49.6 Å². The predicted octanol–water partition coefficient (Wildman–Crippen LogP) is 5.08. The third-order valence-electron chi connectivity index (χ3n) is 6.48. The van der Waals surface area contributed by atoms with Gasteiger partial charge in [0.1, 0.15) is 17.5 Å². The molecule has 0 radical (unpaired) electrons. The van der Waals surface area contributed by atoms with E-state index in [4.69, 9.17) is 14.5 Å². The normalized spacial score (nSPS) is 11.6. The van der Waals surface area contributed by atoms with Crippen LogP contribution in [0.25, 0.3) is 22.6 Å². The summed E-state index contributed by atoms with van der Waals surface area (Å²) in [6.07, 6.45) is 1.64. The minimum absolute atomic E-state index is 0.0692. The van der Waals surface area contributed by atoms with Gasteiger partial charge in [0.25, 0.3) is 5.91 Å². The van der Waals surface area contributed by atoms with E-state index < -0.39 is 5.91 Å². The molecule has 0 aliphatic carbocycles. The van der Waals surface area contributed by atoms with Crippen molar-refractivity contribution in [2.75, 3.05) is 19.0 Å². The zero-order chi connectivity index (χ0) is 30.2. The minimum Gasteiger partial charge on any atom is -0.484 e. The monoisotopic (exact) mass is 574 g/mol. The van der Waals surface area contributed by atoms with Crippen molar-refractivity contribution in [1.82, 2.24) is 29.9 Å². The molecule has 1 N–H and O–H groups in total. The number of carbonyl (C=O) groups is 1. The third kappa shape index (κ3) is 7.44. The number of anilines is 1. The summed E-state index contributed by atoms with van der Waals surface area (Å²) < 4.78 is 12.9. The van der Waals surface area contributed by atoms with E-state index in [1.807, 2.05) is 42.5 Å². The number of amides is 1. The van der Waals surface area contributed by atoms with Crippen LogP contribution in [0.15, 0.2) is 85.1 Å². The Morgan fingerprint density at radius 1 is 0.953 bits per heavy atom. The number of nitrogens with zero attached hydrogens (tertiary/aromatic N) is 7. The maximum Gasteiger partial charge on any atom is 0.264 e. The minimum atomic E-state index is -0.428. The summed E-state index contributed by atoms with van der Waals surface area (Å²) in [6.45, 7) is 4.34. The van der Waals surface area contributed by atoms with Gasteiger partial charge in [-0.1, -0.05) is 55.5 Å². The molecule has 43 heavy (non-hydrogen) atoms. The molecule has 2 aromatic carbocycles. The van der Waals surface area contributed by atoms with Crippen LogP contribution < -0.4 is 10.1 Å². The van der Waals surface area contributed by atoms with Gasteiger partial charge in [-0.25, -0.2) is 14.6 Å². The molecular weight excluding hydrogens is 544 g/mol. The van der Waals surface area contributed by atoms with E-state index in [1.54, 1.807) is 54.4 Å². The molecule has 0 saturated heterocycles. The molecule has 5 aromatic rings. The summed E-state index contributed by atoms with van der Waals surface area (Å²) in [6, 6.07) is 25.8. The van der Waals surface area contributed by atoms with E-state index in [0.717, 1.165) is 11.4 Å². The van der Waals surface area contributed by atoms with Gasteiger partial charge >= 0.3 is 0 Å². The largest absolute Gasteiger partial charge is 0.484 e. The number of nitrogens with one attached hydrogen (secondary N) is 1. The third-order valence-corrected chi connectivity index (χ3v) is 6.48. The van der Waals surface area contributed by atoms with Crippen LogP contribution in [0.2, 0.25) is 0 Å². The number of hydrogen-bond acceptors (Lipinski definition) is 9. The molecule has 0 aliphatic heterocycles. The van der Waals surface area contributed by atoms with Crippen molar-refractivity contribution in [1.29, 1.82) is 5.26 Å². The second-order valence-corrected chi connectivity index (χ2v) is 10.1. The van der Waals surface area contributed by atoms with Crippen LogP contribution in [0, 0.1) is 17.2 Å². The molecule has 5 rings (SSSR count). The number of pyridine rings is 1. The standard InChI is InChI=1S/C32H30N8O3/c1-21(2)31(42-3)26-14-8-11-24(34-26)18-40-19-29(38-39-40)28-16-27(23-10-7-9-22(15-23)17-33)35-32(36-28)37-30(41)20-43-25-12-5-4-6-13-25/h4-16,19,21,31H,18,20H2,1-3H3,(H,35,36,37,41). The maximum absolute atomic E-state index is 12.7. The average Bonchev–Trinajstić information content (AvgIpc) is 3.49. The van der Waals surface area contributed by atoms with Crippen LogP contribution in [0.4, 0.5) is 5.95 Å². The Bertz CT molecular complexity index is 1750. The van der Waals surface area contributed by atoms with Gasteiger partial charge in [0.05, 0.1) is 47.1 Å². The van der Waals surface area contributed by atoms with E-state index in [9.17, 15) is 10.1 Å². The van der Waals surface area contributed by atoms with Crippen molar-refractivity contribution in [2.24, 2.45) is 5.92 Å². The Morgan fingerprint density at radius 2 is 1.74 bits per heavy atom. The van der Waals surface area contributed by atoms with Crippen molar-refractivity contribution in [3.8, 4) is 34.5 Å². The van der Waals surface area contributed by atoms with Crippen molar-refractivity contribution in [2.45, 2.75) is 26.5 Å². The maximum atomic E-state index is 12.7. The fourth-order valence-electron chi connectivity index (χ4n) is 4.49. The summed E-state index contributed by atoms with van der Waals surface area (Å²) in [7, 11) is 1.68. The quantitative estimate of drug-likeness (QED) is 0.229. The van der Waals surface area contributed by atoms with Gasteiger partial charge in [0, 0.05) is 12.7 Å². The first-order valence-electron chi connectivity index (χ1n) is 13.7. The summed E-state index contributed by atoms with van der Waals surface area (Å²) in [5.74, 6) is 0.480. The number of para-hydroxylation sites is 1. The lowest BCUT2D eigenvalue weighted by Gasteiger charge is -2.19. The van der Waals surface area contributed by atoms with E-state index >= 15 is 0 Å². The molecular formula is C32H30N8O3. The molecule has 11 heteroatoms. The van der Waals surface area contributed by atoms with Gasteiger partial charge in [-0.15, -0.1) is 5.10 Å². The average molecular weight is 575 g/mol. The lowest BCUT2D eigenvalue weighted by atomic mass is 10.0. The molecule has 0 fully saturated rings. The second-order valence-electron chi connectivity index (χ2n) is 10.1. The molecule has 216 valence electrons. The fraction of sp³-hybridized carbons (Fsp3) is 0.219. The molecule has 0 saturated carbocycles. The Hall–Kier alpha value is -5.47. The Labute approximate surface area is 249 Å². The van der Waals surface area contributed by atoms with E-state index in [0.29, 0.717) is 40.5 Å². The zero-order valence-corrected chi connectivity index (χ0v) is 24.0. The van der Waals surface area contributed by atoms with Gasteiger partial charge in [-0.3, -0.25) is 15.1 Å². The summed E-state index contributed by atoms with van der Waals surface area (Å²) in [5.41, 5.74) is 4.25. The summed E-state index contributed by atoms with van der Waals surface area (Å²) in [5, 5.41) is 20.7. The van der Waals surface area contributed by atoms with Crippen molar-refractivity contribution in [3.05, 3.63) is 102 Å². The van der Waals surface area contributed by atoms with Crippen LogP contribution in [0.1, 0.15) is 36.9 Å². The SMILES string of the molecule is COC(c1cccc(Cn2cc(-c3cc(-c4cccc(C#N)c4)nc(NC(=O)COc4ccccc4)n3)nn2)n1)C(C)C. The summed E-state index contributed by atoms with van der Waals surface area (Å²) >= 11 is 0. The van der Waals surface area contributed by atoms with Gasteiger partial charge in [0.2, 0.25) is 5.95 Å². The van der Waals surface area contributed by atoms with Gasteiger partial charge < -0.3 is 9.47 Å². The second kappa shape index (κ2) is 13.5. The van der Waals surface area contributed by atoms with Gasteiger partial charge in [-0.2, -0.15) is 5.26 Å². The molecule has 3 aromatic heterocycles. The molecule has 0 spiro atoms. The van der Waals surface area contributed by atoms with Crippen LogP contribution in [0.3, 0.4) is 0 Å². The lowest BCUT2D eigenvalue weighted by molar-refractivity contribution is -0.118. The van der Waals surface area contributed by atoms with E-state index in [2.05, 4.69) is 45.5 Å². The number of ether oxygens (including phenoxy) is 2. The fourth-order valence-corrected chi connectivity index (χ4v) is 4.49. The number of aromatic nitrogens is 6. The molecule has 0 aliphatic rings. The first-order valence-corrected chi connectivity index (χ1v) is 13.7. The first kappa shape index (κ1) is 29.0. The van der Waals surface area contributed by atoms with Gasteiger partial charge in [-0.05, 0) is 48.4 Å². The molecule has 1 atom stereocenters. The van der Waals surface area contributed by atoms with Gasteiger partial charge in [0.15, 0.2) is 6.61 Å². The summed E-state index contributed by atoms with van der Waals surface area (Å²) in [4.78, 5) is 26.6. The number of carbonyl (C=O) groups excluding carboxylic acids is 1. The van der Waals surface area contributed by atoms with Crippen molar-refractivity contribution in [3.63, 3.8) is 0 Å². The number of rotatable bonds is 11. The molecule has 3 heterocycles. The smallest absolute Gasteiger partial charge is 0.264 e. The Balaban J connectivity index is 1.41. The number of nitriles is 1. The Kier molecular flexibility index (Phi) is 9.09. The van der Waals surface area contributed by atoms with E-state index in [-0.39, 0.29) is 24.6 Å². The molecule has 0 bridgehead atoms. The first-order chi connectivity index (χ1) is 20.9. The number of benzene rings is 2.